The fraction of sp³-hybridized carbons (Fsp3) is 0.318. The first-order valence-electron chi connectivity index (χ1n) is 8.96. The lowest BCUT2D eigenvalue weighted by Gasteiger charge is -2.28. The van der Waals surface area contributed by atoms with Gasteiger partial charge in [0.2, 0.25) is 5.92 Å². The van der Waals surface area contributed by atoms with Crippen LogP contribution in [0.1, 0.15) is 47.2 Å². The number of hydrogen-bond acceptors (Lipinski definition) is 1. The van der Waals surface area contributed by atoms with Crippen molar-refractivity contribution >= 4 is 5.91 Å². The number of amides is 1. The van der Waals surface area contributed by atoms with Gasteiger partial charge in [-0.05, 0) is 55.2 Å². The molecule has 0 spiro atoms. The highest BCUT2D eigenvalue weighted by Crippen LogP contribution is 2.35. The summed E-state index contributed by atoms with van der Waals surface area (Å²) < 4.78 is 39.9. The Kier molecular flexibility index (Phi) is 5.85. The van der Waals surface area contributed by atoms with Crippen LogP contribution < -0.4 is 5.32 Å². The van der Waals surface area contributed by atoms with E-state index < -0.39 is 5.92 Å². The van der Waals surface area contributed by atoms with Gasteiger partial charge in [0.15, 0.2) is 0 Å². The molecule has 1 saturated carbocycles. The molecule has 1 N–H and O–H groups in total. The van der Waals surface area contributed by atoms with E-state index in [1.54, 1.807) is 42.5 Å². The van der Waals surface area contributed by atoms with Crippen molar-refractivity contribution in [3.8, 4) is 11.8 Å². The molecule has 1 aliphatic rings. The van der Waals surface area contributed by atoms with Crippen molar-refractivity contribution in [2.24, 2.45) is 5.92 Å². The summed E-state index contributed by atoms with van der Waals surface area (Å²) in [5.41, 5.74) is 1.47. The number of rotatable bonds is 3. The molecule has 140 valence electrons. The molecular formula is C22H20F3NO. The van der Waals surface area contributed by atoms with E-state index in [0.29, 0.717) is 36.1 Å². The highest BCUT2D eigenvalue weighted by Gasteiger charge is 2.34. The zero-order valence-electron chi connectivity index (χ0n) is 14.8. The predicted octanol–water partition coefficient (Wildman–Crippen LogP) is 4.78. The van der Waals surface area contributed by atoms with Crippen molar-refractivity contribution in [1.82, 2.24) is 5.32 Å². The molecular weight excluding hydrogens is 351 g/mol. The molecule has 2 nitrogen and oxygen atoms in total. The molecule has 0 aromatic heterocycles. The summed E-state index contributed by atoms with van der Waals surface area (Å²) in [5, 5.41) is 2.81. The minimum absolute atomic E-state index is 0.0967. The van der Waals surface area contributed by atoms with Crippen LogP contribution in [0.25, 0.3) is 0 Å². The first kappa shape index (κ1) is 19.0. The van der Waals surface area contributed by atoms with Crippen LogP contribution in [0.3, 0.4) is 0 Å². The van der Waals surface area contributed by atoms with Crippen LogP contribution in [0.5, 0.6) is 0 Å². The molecule has 2 aromatic rings. The van der Waals surface area contributed by atoms with Gasteiger partial charge in [0, 0.05) is 30.5 Å². The molecule has 5 heteroatoms. The van der Waals surface area contributed by atoms with Gasteiger partial charge < -0.3 is 5.32 Å². The summed E-state index contributed by atoms with van der Waals surface area (Å²) >= 11 is 0. The average molecular weight is 371 g/mol. The Morgan fingerprint density at radius 1 is 1.04 bits per heavy atom. The van der Waals surface area contributed by atoms with E-state index in [1.807, 2.05) is 0 Å². The van der Waals surface area contributed by atoms with E-state index in [1.165, 1.54) is 6.07 Å². The van der Waals surface area contributed by atoms with E-state index in [2.05, 4.69) is 17.2 Å². The second kappa shape index (κ2) is 8.30. The number of halogens is 3. The lowest BCUT2D eigenvalue weighted by atomic mass is 9.87. The molecule has 0 unspecified atom stereocenters. The third-order valence-corrected chi connectivity index (χ3v) is 4.75. The van der Waals surface area contributed by atoms with Crippen molar-refractivity contribution in [2.45, 2.75) is 31.6 Å². The summed E-state index contributed by atoms with van der Waals surface area (Å²) in [5.74, 6) is 2.56. The second-order valence-corrected chi connectivity index (χ2v) is 6.82. The van der Waals surface area contributed by atoms with Crippen LogP contribution >= 0.6 is 0 Å². The molecule has 27 heavy (non-hydrogen) atoms. The van der Waals surface area contributed by atoms with Crippen molar-refractivity contribution in [1.29, 1.82) is 0 Å². The molecule has 0 heterocycles. The summed E-state index contributed by atoms with van der Waals surface area (Å²) in [6, 6.07) is 13.0. The van der Waals surface area contributed by atoms with Gasteiger partial charge in [0.05, 0.1) is 5.56 Å². The van der Waals surface area contributed by atoms with Crippen LogP contribution in [0.15, 0.2) is 48.5 Å². The van der Waals surface area contributed by atoms with Crippen molar-refractivity contribution in [2.75, 3.05) is 6.54 Å². The second-order valence-electron chi connectivity index (χ2n) is 6.82. The van der Waals surface area contributed by atoms with Crippen molar-refractivity contribution < 1.29 is 18.0 Å². The molecule has 0 saturated heterocycles. The number of hydrogen-bond donors (Lipinski definition) is 1. The predicted molar refractivity (Wildman–Crippen MR) is 98.1 cm³/mol. The van der Waals surface area contributed by atoms with E-state index in [0.717, 1.165) is 0 Å². The molecule has 1 amide bonds. The maximum Gasteiger partial charge on any atom is 0.251 e. The lowest BCUT2D eigenvalue weighted by Crippen LogP contribution is -2.33. The fourth-order valence-corrected chi connectivity index (χ4v) is 3.05. The maximum atomic E-state index is 13.5. The van der Waals surface area contributed by atoms with E-state index in [9.17, 15) is 18.0 Å². The third kappa shape index (κ3) is 5.37. The van der Waals surface area contributed by atoms with Gasteiger partial charge in [0.25, 0.3) is 5.91 Å². The highest BCUT2D eigenvalue weighted by atomic mass is 19.3. The zero-order chi connectivity index (χ0) is 19.3. The Bertz CT molecular complexity index is 855. The quantitative estimate of drug-likeness (QED) is 0.773. The van der Waals surface area contributed by atoms with Gasteiger partial charge >= 0.3 is 0 Å². The van der Waals surface area contributed by atoms with E-state index >= 15 is 0 Å². The van der Waals surface area contributed by atoms with Crippen molar-refractivity contribution in [3.05, 3.63) is 71.0 Å². The topological polar surface area (TPSA) is 29.1 Å². The van der Waals surface area contributed by atoms with Crippen LogP contribution in [-0.2, 0) is 0 Å². The smallest absolute Gasteiger partial charge is 0.251 e. The Balaban J connectivity index is 1.54. The Morgan fingerprint density at radius 3 is 2.37 bits per heavy atom. The molecule has 2 aromatic carbocycles. The first-order valence-corrected chi connectivity index (χ1v) is 8.96. The lowest BCUT2D eigenvalue weighted by molar-refractivity contribution is -0.0452. The van der Waals surface area contributed by atoms with Gasteiger partial charge in [-0.25, -0.2) is 13.2 Å². The number of nitrogens with one attached hydrogen (secondary N) is 1. The van der Waals surface area contributed by atoms with Crippen LogP contribution in [-0.4, -0.2) is 18.4 Å². The zero-order valence-corrected chi connectivity index (χ0v) is 14.8. The Labute approximate surface area is 156 Å². The van der Waals surface area contributed by atoms with Gasteiger partial charge in [0.1, 0.15) is 5.82 Å². The van der Waals surface area contributed by atoms with Gasteiger partial charge in [-0.2, -0.15) is 0 Å². The number of carbonyl (C=O) groups excluding carboxylic acids is 1. The van der Waals surface area contributed by atoms with Gasteiger partial charge in [-0.15, -0.1) is 0 Å². The summed E-state index contributed by atoms with van der Waals surface area (Å²) in [7, 11) is 0. The number of benzene rings is 2. The summed E-state index contributed by atoms with van der Waals surface area (Å²) in [4.78, 5) is 12.2. The molecule has 0 bridgehead atoms. The fourth-order valence-electron chi connectivity index (χ4n) is 3.05. The minimum Gasteiger partial charge on any atom is -0.352 e. The molecule has 0 radical (unpaired) electrons. The highest BCUT2D eigenvalue weighted by molar-refractivity contribution is 5.94. The first-order chi connectivity index (χ1) is 12.9. The summed E-state index contributed by atoms with van der Waals surface area (Å²) in [6.07, 6.45) is 0.640. The largest absolute Gasteiger partial charge is 0.352 e. The molecule has 3 rings (SSSR count). The SMILES string of the molecule is O=C(NCC1CCC(F)(F)CC1)c1ccc(C#Cc2ccccc2F)cc1. The number of carbonyl (C=O) groups is 1. The standard InChI is InChI=1S/C22H20F3NO/c23-20-4-2-1-3-18(20)8-5-16-6-9-19(10-7-16)21(27)26-15-17-11-13-22(24,25)14-12-17/h1-4,6-7,9-10,17H,11-15H2,(H,26,27). The molecule has 1 fully saturated rings. The monoisotopic (exact) mass is 371 g/mol. The van der Waals surface area contributed by atoms with Crippen LogP contribution in [0.2, 0.25) is 0 Å². The Morgan fingerprint density at radius 2 is 1.70 bits per heavy atom. The normalized spacial score (nSPS) is 16.3. The average Bonchev–Trinajstić information content (AvgIpc) is 2.67. The maximum absolute atomic E-state index is 13.5. The molecule has 1 aliphatic carbocycles. The van der Waals surface area contributed by atoms with E-state index in [4.69, 9.17) is 0 Å². The van der Waals surface area contributed by atoms with E-state index in [-0.39, 0.29) is 30.5 Å². The molecule has 0 atom stereocenters. The Hall–Kier alpha value is -2.74. The van der Waals surface area contributed by atoms with Crippen molar-refractivity contribution in [3.63, 3.8) is 0 Å². The number of alkyl halides is 2. The summed E-state index contributed by atoms with van der Waals surface area (Å²) in [6.45, 7) is 0.407. The minimum atomic E-state index is -2.56. The third-order valence-electron chi connectivity index (χ3n) is 4.75. The van der Waals surface area contributed by atoms with Gasteiger partial charge in [-0.3, -0.25) is 4.79 Å². The van der Waals surface area contributed by atoms with Crippen LogP contribution in [0, 0.1) is 23.6 Å². The van der Waals surface area contributed by atoms with Gasteiger partial charge in [-0.1, -0.05) is 24.0 Å². The molecule has 0 aliphatic heterocycles. The van der Waals surface area contributed by atoms with Crippen LogP contribution in [0.4, 0.5) is 13.2 Å².